The maximum Gasteiger partial charge on any atom is 0.337 e. The molecule has 1 aliphatic carbocycles. The number of rotatable bonds is 14. The summed E-state index contributed by atoms with van der Waals surface area (Å²) in [6.45, 7) is 19.0. The minimum absolute atomic E-state index is 0.0159. The fourth-order valence-corrected chi connectivity index (χ4v) is 7.14. The summed E-state index contributed by atoms with van der Waals surface area (Å²) in [5.41, 5.74) is -0.301. The predicted octanol–water partition coefficient (Wildman–Crippen LogP) is 4.98. The number of ether oxygens (including phenoxy) is 3. The van der Waals surface area contributed by atoms with Gasteiger partial charge in [0.25, 0.3) is 0 Å². The molecular weight excluding hydrogens is 548 g/mol. The Morgan fingerprint density at radius 2 is 1.81 bits per heavy atom. The number of carbonyl (C=O) groups is 1. The molecule has 0 bridgehead atoms. The summed E-state index contributed by atoms with van der Waals surface area (Å²) < 4.78 is 16.1. The summed E-state index contributed by atoms with van der Waals surface area (Å²) >= 11 is 0. The van der Waals surface area contributed by atoms with Crippen LogP contribution in [0.4, 0.5) is 0 Å². The van der Waals surface area contributed by atoms with Crippen molar-refractivity contribution >= 4 is 5.97 Å². The third kappa shape index (κ3) is 7.39. The summed E-state index contributed by atoms with van der Waals surface area (Å²) in [6, 6.07) is 3.35. The van der Waals surface area contributed by atoms with Crippen LogP contribution in [-0.2, 0) is 24.5 Å². The molecule has 1 aliphatic heterocycles. The topological polar surface area (TPSA) is 97.7 Å². The van der Waals surface area contributed by atoms with Crippen molar-refractivity contribution in [3.05, 3.63) is 23.3 Å². The van der Waals surface area contributed by atoms with Gasteiger partial charge < -0.3 is 29.3 Å². The summed E-state index contributed by atoms with van der Waals surface area (Å²) in [5.74, 6) is 0.307. The van der Waals surface area contributed by atoms with Crippen molar-refractivity contribution in [2.75, 3.05) is 54.2 Å². The van der Waals surface area contributed by atoms with Crippen LogP contribution in [0.1, 0.15) is 85.3 Å². The number of likely N-dealkylation sites (N-methyl/N-ethyl adjacent to an activating group) is 1. The molecule has 9 nitrogen and oxygen atoms in total. The first-order valence-corrected chi connectivity index (χ1v) is 15.9. The zero-order chi connectivity index (χ0) is 32.4. The van der Waals surface area contributed by atoms with Crippen LogP contribution in [0.15, 0.2) is 12.1 Å². The number of carbonyl (C=O) groups excluding carboxylic acids is 1. The van der Waals surface area contributed by atoms with Gasteiger partial charge >= 0.3 is 5.97 Å². The molecule has 0 aromatic heterocycles. The van der Waals surface area contributed by atoms with E-state index >= 15 is 0 Å². The lowest BCUT2D eigenvalue weighted by atomic mass is 9.63. The molecule has 0 radical (unpaired) electrons. The first kappa shape index (κ1) is 35.7. The van der Waals surface area contributed by atoms with Crippen molar-refractivity contribution in [2.24, 2.45) is 11.3 Å². The molecule has 2 fully saturated rings. The normalized spacial score (nSPS) is 25.9. The Balaban J connectivity index is 2.10. The molecule has 9 heteroatoms. The quantitative estimate of drug-likeness (QED) is 0.101. The molecule has 1 heterocycles. The minimum Gasteiger partial charge on any atom is -0.504 e. The van der Waals surface area contributed by atoms with E-state index in [1.807, 2.05) is 27.0 Å². The Labute approximate surface area is 260 Å². The molecule has 3 rings (SSSR count). The Morgan fingerprint density at radius 1 is 1.16 bits per heavy atom. The van der Waals surface area contributed by atoms with Crippen molar-refractivity contribution in [3.63, 3.8) is 0 Å². The average molecular weight is 608 g/mol. The van der Waals surface area contributed by atoms with Crippen LogP contribution in [0, 0.1) is 18.3 Å². The van der Waals surface area contributed by atoms with E-state index in [-0.39, 0.29) is 47.5 Å². The van der Waals surface area contributed by atoms with Gasteiger partial charge in [-0.25, -0.2) is 9.63 Å². The monoisotopic (exact) mass is 607 g/mol. The van der Waals surface area contributed by atoms with Gasteiger partial charge in [-0.15, -0.1) is 0 Å². The molecule has 6 atom stereocenters. The van der Waals surface area contributed by atoms with Crippen LogP contribution in [0.2, 0.25) is 0 Å². The molecule has 1 aromatic carbocycles. The fraction of sp³-hybridized carbons (Fsp3) is 0.794. The van der Waals surface area contributed by atoms with Crippen LogP contribution in [0.25, 0.3) is 0 Å². The zero-order valence-corrected chi connectivity index (χ0v) is 28.7. The lowest BCUT2D eigenvalue weighted by Gasteiger charge is -2.57. The van der Waals surface area contributed by atoms with Gasteiger partial charge in [0.2, 0.25) is 0 Å². The lowest BCUT2D eigenvalue weighted by Crippen LogP contribution is -2.71. The smallest absolute Gasteiger partial charge is 0.337 e. The van der Waals surface area contributed by atoms with Crippen molar-refractivity contribution in [3.8, 4) is 11.5 Å². The van der Waals surface area contributed by atoms with Gasteiger partial charge in [-0.3, -0.25) is 0 Å². The fourth-order valence-electron chi connectivity index (χ4n) is 7.14. The van der Waals surface area contributed by atoms with Gasteiger partial charge in [-0.2, -0.15) is 4.65 Å². The molecule has 2 N–H and O–H groups in total. The molecular formula is C34H59N2O7+. The number of esters is 1. The number of nitrogens with zero attached hydrogens (tertiary/aromatic N) is 2. The average Bonchev–Trinajstić information content (AvgIpc) is 3.76. The number of quaternary nitrogens is 1. The SMILES string of the molecule is COCCOCC(=O)Oc1ccc(C)c(C2(C(C)[N+](C)(OC)C(C)C(C)(O)C(C)(C)C)CCN(CC3CC3)C(C)C2)c1O. The molecule has 1 aromatic rings. The van der Waals surface area contributed by atoms with E-state index in [1.54, 1.807) is 20.3 Å². The molecule has 1 saturated carbocycles. The van der Waals surface area contributed by atoms with Gasteiger partial charge in [-0.05, 0) is 89.8 Å². The van der Waals surface area contributed by atoms with E-state index in [1.165, 1.54) is 12.8 Å². The van der Waals surface area contributed by atoms with E-state index in [9.17, 15) is 15.0 Å². The number of aliphatic hydroxyl groups is 1. The third-order valence-corrected chi connectivity index (χ3v) is 11.1. The third-order valence-electron chi connectivity index (χ3n) is 11.1. The van der Waals surface area contributed by atoms with Crippen LogP contribution in [0.3, 0.4) is 0 Å². The van der Waals surface area contributed by atoms with Crippen LogP contribution in [-0.4, -0.2) is 104 Å². The predicted molar refractivity (Wildman–Crippen MR) is 168 cm³/mol. The number of benzene rings is 1. The first-order chi connectivity index (χ1) is 20.0. The first-order valence-electron chi connectivity index (χ1n) is 15.9. The summed E-state index contributed by atoms with van der Waals surface area (Å²) in [4.78, 5) is 21.6. The second-order valence-corrected chi connectivity index (χ2v) is 14.5. The Hall–Kier alpha value is -1.75. The largest absolute Gasteiger partial charge is 0.504 e. The number of phenols is 1. The number of methoxy groups -OCH3 is 1. The molecule has 1 saturated heterocycles. The molecule has 0 spiro atoms. The van der Waals surface area contributed by atoms with Gasteiger partial charge in [-0.1, -0.05) is 26.8 Å². The highest BCUT2D eigenvalue weighted by Crippen LogP contribution is 2.53. The molecule has 246 valence electrons. The number of hydrogen-bond donors (Lipinski definition) is 2. The second kappa shape index (κ2) is 13.7. The minimum atomic E-state index is -1.07. The van der Waals surface area contributed by atoms with Crippen LogP contribution in [0.5, 0.6) is 11.5 Å². The van der Waals surface area contributed by atoms with E-state index in [2.05, 4.69) is 46.4 Å². The highest BCUT2D eigenvalue weighted by molar-refractivity contribution is 5.75. The summed E-state index contributed by atoms with van der Waals surface area (Å²) in [6.07, 6.45) is 4.17. The van der Waals surface area contributed by atoms with Gasteiger partial charge in [0.1, 0.15) is 24.3 Å². The number of likely N-dealkylation sites (tertiary alicyclic amines) is 1. The van der Waals surface area contributed by atoms with Crippen LogP contribution < -0.4 is 4.74 Å². The number of hydrogen-bond acceptors (Lipinski definition) is 8. The standard InChI is InChI=1S/C34H58N2O7/c1-23-12-15-28(43-29(37)22-42-19-18-40-10)31(38)30(23)34(16-17-35(24(2)20-34)21-27-13-14-27)26(4)36(9,41-11)25(3)33(8,39)32(5,6)7/h12,15,24-27,39H,13-14,16-22H2,1-11H3/p+1. The summed E-state index contributed by atoms with van der Waals surface area (Å²) in [5, 5.41) is 23.8. The molecule has 43 heavy (non-hydrogen) atoms. The van der Waals surface area contributed by atoms with Crippen LogP contribution >= 0.6 is 0 Å². The van der Waals surface area contributed by atoms with Gasteiger partial charge in [0.05, 0.1) is 32.8 Å². The Kier molecular flexibility index (Phi) is 11.4. The van der Waals surface area contributed by atoms with Gasteiger partial charge in [0.15, 0.2) is 11.5 Å². The zero-order valence-electron chi connectivity index (χ0n) is 28.7. The van der Waals surface area contributed by atoms with Crippen molar-refractivity contribution in [1.82, 2.24) is 4.90 Å². The highest BCUT2D eigenvalue weighted by atomic mass is 16.7. The van der Waals surface area contributed by atoms with Gasteiger partial charge in [0, 0.05) is 25.3 Å². The van der Waals surface area contributed by atoms with E-state index in [4.69, 9.17) is 19.0 Å². The molecule has 6 unspecified atom stereocenters. The number of piperidine rings is 1. The second-order valence-electron chi connectivity index (χ2n) is 14.5. The number of phenolic OH excluding ortho intramolecular Hbond substituents is 1. The lowest BCUT2D eigenvalue weighted by molar-refractivity contribution is -1.13. The van der Waals surface area contributed by atoms with E-state index < -0.39 is 22.4 Å². The van der Waals surface area contributed by atoms with Crippen molar-refractivity contribution in [2.45, 2.75) is 110 Å². The number of aryl methyl sites for hydroxylation is 1. The maximum atomic E-state index is 12.7. The number of hydroxylamine groups is 3. The van der Waals surface area contributed by atoms with E-state index in [0.717, 1.165) is 43.0 Å². The molecule has 0 amide bonds. The van der Waals surface area contributed by atoms with Crippen molar-refractivity contribution < 1.29 is 38.7 Å². The Morgan fingerprint density at radius 3 is 2.35 bits per heavy atom. The van der Waals surface area contributed by atoms with Crippen molar-refractivity contribution in [1.29, 1.82) is 0 Å². The van der Waals surface area contributed by atoms with E-state index in [0.29, 0.717) is 6.61 Å². The Bertz CT molecular complexity index is 1100. The number of aromatic hydroxyl groups is 1. The highest BCUT2D eigenvalue weighted by Gasteiger charge is 2.60. The molecule has 2 aliphatic rings. The maximum absolute atomic E-state index is 12.7. The summed E-state index contributed by atoms with van der Waals surface area (Å²) in [7, 11) is 5.32.